The first-order valence-electron chi connectivity index (χ1n) is 7.02. The topological polar surface area (TPSA) is 46.1 Å². The molecule has 0 aromatic carbocycles. The second kappa shape index (κ2) is 6.75. The first-order valence-corrected chi connectivity index (χ1v) is 7.02. The van der Waals surface area contributed by atoms with Gasteiger partial charge in [0.05, 0.1) is 6.04 Å². The zero-order valence-corrected chi connectivity index (χ0v) is 12.8. The molecule has 0 aliphatic carbocycles. The molecule has 0 fully saturated rings. The van der Waals surface area contributed by atoms with E-state index >= 15 is 0 Å². The minimum absolute atomic E-state index is 0.0421. The van der Waals surface area contributed by atoms with Crippen molar-refractivity contribution in [1.82, 2.24) is 15.2 Å². The predicted molar refractivity (Wildman–Crippen MR) is 78.9 cm³/mol. The van der Waals surface area contributed by atoms with Crippen molar-refractivity contribution in [1.29, 1.82) is 0 Å². The Hall–Kier alpha value is -1.29. The van der Waals surface area contributed by atoms with Gasteiger partial charge in [0.1, 0.15) is 0 Å². The molecule has 19 heavy (non-hydrogen) atoms. The molecule has 1 unspecified atom stereocenters. The van der Waals surface area contributed by atoms with E-state index in [0.29, 0.717) is 0 Å². The smallest absolute Gasteiger partial charge is 0.237 e. The van der Waals surface area contributed by atoms with Crippen LogP contribution in [-0.2, 0) is 17.9 Å². The fourth-order valence-electron chi connectivity index (χ4n) is 1.83. The van der Waals surface area contributed by atoms with Gasteiger partial charge < -0.3 is 15.2 Å². The summed E-state index contributed by atoms with van der Waals surface area (Å²) >= 11 is 0. The lowest BCUT2D eigenvalue weighted by atomic mass is 10.1. The van der Waals surface area contributed by atoms with Crippen LogP contribution in [0.1, 0.15) is 46.6 Å². The van der Waals surface area contributed by atoms with Crippen LogP contribution < -0.4 is 10.6 Å². The number of carbonyl (C=O) groups is 1. The molecule has 0 aliphatic heterocycles. The highest BCUT2D eigenvalue weighted by Crippen LogP contribution is 2.03. The molecule has 4 heteroatoms. The Morgan fingerprint density at radius 3 is 2.68 bits per heavy atom. The van der Waals surface area contributed by atoms with Crippen LogP contribution in [0, 0.1) is 0 Å². The zero-order chi connectivity index (χ0) is 14.5. The molecule has 0 saturated heterocycles. The van der Waals surface area contributed by atoms with Crippen LogP contribution in [0.25, 0.3) is 0 Å². The van der Waals surface area contributed by atoms with E-state index in [4.69, 9.17) is 0 Å². The van der Waals surface area contributed by atoms with Gasteiger partial charge in [0, 0.05) is 31.0 Å². The van der Waals surface area contributed by atoms with Crippen LogP contribution in [0.5, 0.6) is 0 Å². The maximum absolute atomic E-state index is 11.9. The molecule has 1 atom stereocenters. The van der Waals surface area contributed by atoms with Gasteiger partial charge >= 0.3 is 0 Å². The van der Waals surface area contributed by atoms with Gasteiger partial charge in [0.25, 0.3) is 0 Å². The molecule has 1 amide bonds. The van der Waals surface area contributed by atoms with Crippen molar-refractivity contribution in [3.8, 4) is 0 Å². The van der Waals surface area contributed by atoms with Crippen LogP contribution in [0.15, 0.2) is 18.5 Å². The number of hydrogen-bond acceptors (Lipinski definition) is 2. The van der Waals surface area contributed by atoms with E-state index in [2.05, 4.69) is 40.6 Å². The first-order chi connectivity index (χ1) is 8.81. The van der Waals surface area contributed by atoms with Gasteiger partial charge in [0.2, 0.25) is 5.91 Å². The van der Waals surface area contributed by atoms with Gasteiger partial charge in [-0.1, -0.05) is 6.92 Å². The quantitative estimate of drug-likeness (QED) is 0.829. The summed E-state index contributed by atoms with van der Waals surface area (Å²) in [5, 5.41) is 6.23. The highest BCUT2D eigenvalue weighted by Gasteiger charge is 2.18. The summed E-state index contributed by atoms with van der Waals surface area (Å²) in [6, 6.07) is 1.91. The molecule has 0 aliphatic rings. The third-order valence-corrected chi connectivity index (χ3v) is 2.80. The second-order valence-corrected chi connectivity index (χ2v) is 6.10. The zero-order valence-electron chi connectivity index (χ0n) is 12.8. The Labute approximate surface area is 116 Å². The lowest BCUT2D eigenvalue weighted by molar-refractivity contribution is -0.124. The standard InChI is InChI=1S/C15H27N3O/c1-6-8-18-9-7-13(11-18)10-16-12(2)14(19)17-15(3,4)5/h7,9,11-12,16H,6,8,10H2,1-5H3,(H,17,19). The number of amides is 1. The summed E-state index contributed by atoms with van der Waals surface area (Å²) in [4.78, 5) is 11.9. The number of aryl methyl sites for hydroxylation is 1. The van der Waals surface area contributed by atoms with Crippen LogP contribution in [0.2, 0.25) is 0 Å². The second-order valence-electron chi connectivity index (χ2n) is 6.10. The first kappa shape index (κ1) is 15.8. The fourth-order valence-corrected chi connectivity index (χ4v) is 1.83. The number of nitrogens with zero attached hydrogens (tertiary/aromatic N) is 1. The molecule has 0 spiro atoms. The van der Waals surface area contributed by atoms with Crippen molar-refractivity contribution in [3.63, 3.8) is 0 Å². The van der Waals surface area contributed by atoms with Gasteiger partial charge in [-0.15, -0.1) is 0 Å². The van der Waals surface area contributed by atoms with Crippen molar-refractivity contribution < 1.29 is 4.79 Å². The van der Waals surface area contributed by atoms with Gasteiger partial charge in [-0.25, -0.2) is 0 Å². The number of aromatic nitrogens is 1. The van der Waals surface area contributed by atoms with Crippen molar-refractivity contribution in [3.05, 3.63) is 24.0 Å². The summed E-state index contributed by atoms with van der Waals surface area (Å²) in [5.74, 6) is 0.0421. The molecule has 1 rings (SSSR count). The number of nitrogens with one attached hydrogen (secondary N) is 2. The van der Waals surface area contributed by atoms with E-state index in [1.54, 1.807) is 0 Å². The maximum Gasteiger partial charge on any atom is 0.237 e. The highest BCUT2D eigenvalue weighted by molar-refractivity contribution is 5.81. The lowest BCUT2D eigenvalue weighted by Gasteiger charge is -2.23. The molecule has 0 radical (unpaired) electrons. The van der Waals surface area contributed by atoms with Crippen molar-refractivity contribution in [2.45, 2.75) is 65.7 Å². The molecule has 4 nitrogen and oxygen atoms in total. The maximum atomic E-state index is 11.9. The minimum atomic E-state index is -0.186. The normalized spacial score (nSPS) is 13.3. The van der Waals surface area contributed by atoms with E-state index in [9.17, 15) is 4.79 Å². The van der Waals surface area contributed by atoms with E-state index in [1.807, 2.05) is 27.7 Å². The van der Waals surface area contributed by atoms with E-state index in [-0.39, 0.29) is 17.5 Å². The van der Waals surface area contributed by atoms with Gasteiger partial charge in [0.15, 0.2) is 0 Å². The van der Waals surface area contributed by atoms with Crippen LogP contribution in [0.3, 0.4) is 0 Å². The molecule has 0 bridgehead atoms. The minimum Gasteiger partial charge on any atom is -0.354 e. The molecule has 1 aromatic rings. The van der Waals surface area contributed by atoms with Crippen molar-refractivity contribution in [2.75, 3.05) is 0 Å². The number of carbonyl (C=O) groups excluding carboxylic acids is 1. The van der Waals surface area contributed by atoms with E-state index in [0.717, 1.165) is 19.5 Å². The highest BCUT2D eigenvalue weighted by atomic mass is 16.2. The fraction of sp³-hybridized carbons (Fsp3) is 0.667. The summed E-state index contributed by atoms with van der Waals surface area (Å²) in [7, 11) is 0. The predicted octanol–water partition coefficient (Wildman–Crippen LogP) is 2.29. The SMILES string of the molecule is CCCn1ccc(CNC(C)C(=O)NC(C)(C)C)c1. The third-order valence-electron chi connectivity index (χ3n) is 2.80. The Balaban J connectivity index is 2.40. The summed E-state index contributed by atoms with van der Waals surface area (Å²) in [5.41, 5.74) is 1.03. The number of rotatable bonds is 6. The number of hydrogen-bond donors (Lipinski definition) is 2. The average molecular weight is 265 g/mol. The summed E-state index contributed by atoms with van der Waals surface area (Å²) < 4.78 is 2.18. The van der Waals surface area contributed by atoms with Crippen molar-refractivity contribution >= 4 is 5.91 Å². The largest absolute Gasteiger partial charge is 0.354 e. The monoisotopic (exact) mass is 265 g/mol. The van der Waals surface area contributed by atoms with Crippen molar-refractivity contribution in [2.24, 2.45) is 0 Å². The van der Waals surface area contributed by atoms with Crippen LogP contribution in [0.4, 0.5) is 0 Å². The van der Waals surface area contributed by atoms with Gasteiger partial charge in [-0.2, -0.15) is 0 Å². The molecule has 2 N–H and O–H groups in total. The molecule has 0 saturated carbocycles. The Morgan fingerprint density at radius 2 is 2.11 bits per heavy atom. The van der Waals surface area contributed by atoms with Crippen LogP contribution in [-0.4, -0.2) is 22.1 Å². The lowest BCUT2D eigenvalue weighted by Crippen LogP contribution is -2.49. The Bertz CT molecular complexity index is 404. The third kappa shape index (κ3) is 5.92. The van der Waals surface area contributed by atoms with E-state index in [1.165, 1.54) is 5.56 Å². The summed E-state index contributed by atoms with van der Waals surface area (Å²) in [6.07, 6.45) is 5.34. The van der Waals surface area contributed by atoms with Gasteiger partial charge in [-0.05, 0) is 45.7 Å². The van der Waals surface area contributed by atoms with E-state index < -0.39 is 0 Å². The molecular weight excluding hydrogens is 238 g/mol. The van der Waals surface area contributed by atoms with Gasteiger partial charge in [-0.3, -0.25) is 4.79 Å². The molecule has 1 aromatic heterocycles. The average Bonchev–Trinajstić information content (AvgIpc) is 2.72. The van der Waals surface area contributed by atoms with Crippen LogP contribution >= 0.6 is 0 Å². The molecule has 1 heterocycles. The molecular formula is C15H27N3O. The Morgan fingerprint density at radius 1 is 1.42 bits per heavy atom. The summed E-state index contributed by atoms with van der Waals surface area (Å²) in [6.45, 7) is 11.8. The Kier molecular flexibility index (Phi) is 5.60. The molecule has 108 valence electrons.